The second kappa shape index (κ2) is 7.49. The first kappa shape index (κ1) is 19.4. The van der Waals surface area contributed by atoms with Gasteiger partial charge in [0, 0.05) is 36.8 Å². The summed E-state index contributed by atoms with van der Waals surface area (Å²) in [6, 6.07) is 9.90. The molecule has 0 N–H and O–H groups in total. The number of methoxy groups -OCH3 is 1. The van der Waals surface area contributed by atoms with Crippen LogP contribution in [0.15, 0.2) is 53.6 Å². The molecule has 0 amide bonds. The first-order valence-corrected chi connectivity index (χ1v) is 10.3. The van der Waals surface area contributed by atoms with Crippen LogP contribution >= 0.6 is 0 Å². The zero-order valence-corrected chi connectivity index (χ0v) is 16.3. The van der Waals surface area contributed by atoms with Gasteiger partial charge in [0.2, 0.25) is 10.0 Å². The highest BCUT2D eigenvalue weighted by Crippen LogP contribution is 2.26. The number of hydrogen-bond donors (Lipinski definition) is 0. The van der Waals surface area contributed by atoms with E-state index in [0.717, 1.165) is 29.1 Å². The van der Waals surface area contributed by atoms with E-state index in [1.54, 1.807) is 13.3 Å². The molecule has 0 unspecified atom stereocenters. The van der Waals surface area contributed by atoms with Crippen molar-refractivity contribution < 1.29 is 21.9 Å². The van der Waals surface area contributed by atoms with E-state index in [4.69, 9.17) is 4.74 Å². The third kappa shape index (κ3) is 3.70. The minimum Gasteiger partial charge on any atom is -0.497 e. The molecule has 0 aliphatic carbocycles. The molecule has 0 atom stereocenters. The molecule has 4 rings (SSSR count). The van der Waals surface area contributed by atoms with Gasteiger partial charge in [0.25, 0.3) is 0 Å². The average Bonchev–Trinajstić information content (AvgIpc) is 2.75. The Morgan fingerprint density at radius 3 is 2.52 bits per heavy atom. The van der Waals surface area contributed by atoms with Gasteiger partial charge in [-0.05, 0) is 42.5 Å². The van der Waals surface area contributed by atoms with Gasteiger partial charge in [0.15, 0.2) is 17.5 Å². The summed E-state index contributed by atoms with van der Waals surface area (Å²) in [5.74, 6) is -1.02. The molecule has 1 aromatic heterocycles. The van der Waals surface area contributed by atoms with Crippen molar-refractivity contribution in [2.75, 3.05) is 13.7 Å². The first-order valence-electron chi connectivity index (χ1n) is 8.83. The van der Waals surface area contributed by atoms with Crippen molar-refractivity contribution in [1.82, 2.24) is 14.3 Å². The molecule has 1 aliphatic rings. The Morgan fingerprint density at radius 2 is 1.83 bits per heavy atom. The standard InChI is InChI=1S/C20H17F2N3O3S/c1-28-15-4-2-13(3-5-15)20-23-11-14-12-25(9-8-19(14)24-20)29(26,27)16-6-7-17(21)18(22)10-16/h2-7,10-11H,8-9,12H2,1H3. The predicted molar refractivity (Wildman–Crippen MR) is 102 cm³/mol. The molecule has 1 aliphatic heterocycles. The van der Waals surface area contributed by atoms with Gasteiger partial charge in [-0.25, -0.2) is 27.2 Å². The van der Waals surface area contributed by atoms with Gasteiger partial charge in [0.1, 0.15) is 5.75 Å². The highest BCUT2D eigenvalue weighted by molar-refractivity contribution is 7.89. The van der Waals surface area contributed by atoms with Gasteiger partial charge in [-0.15, -0.1) is 0 Å². The van der Waals surface area contributed by atoms with Crippen LogP contribution in [0.1, 0.15) is 11.3 Å². The summed E-state index contributed by atoms with van der Waals surface area (Å²) in [4.78, 5) is 8.64. The number of fused-ring (bicyclic) bond motifs is 1. The van der Waals surface area contributed by atoms with Crippen molar-refractivity contribution in [3.8, 4) is 17.1 Å². The van der Waals surface area contributed by atoms with Gasteiger partial charge >= 0.3 is 0 Å². The van der Waals surface area contributed by atoms with Gasteiger partial charge in [0.05, 0.1) is 17.7 Å². The highest BCUT2D eigenvalue weighted by Gasteiger charge is 2.30. The lowest BCUT2D eigenvalue weighted by molar-refractivity contribution is 0.386. The smallest absolute Gasteiger partial charge is 0.243 e. The van der Waals surface area contributed by atoms with Crippen molar-refractivity contribution >= 4 is 10.0 Å². The lowest BCUT2D eigenvalue weighted by Crippen LogP contribution is -2.36. The monoisotopic (exact) mass is 417 g/mol. The summed E-state index contributed by atoms with van der Waals surface area (Å²) >= 11 is 0. The second-order valence-electron chi connectivity index (χ2n) is 6.56. The quantitative estimate of drug-likeness (QED) is 0.652. The molecule has 0 spiro atoms. The van der Waals surface area contributed by atoms with Gasteiger partial charge in [-0.3, -0.25) is 0 Å². The van der Waals surface area contributed by atoms with Gasteiger partial charge in [-0.1, -0.05) is 0 Å². The fourth-order valence-corrected chi connectivity index (χ4v) is 4.59. The second-order valence-corrected chi connectivity index (χ2v) is 8.50. The minimum atomic E-state index is -3.96. The lowest BCUT2D eigenvalue weighted by atomic mass is 10.1. The maximum Gasteiger partial charge on any atom is 0.243 e. The first-order chi connectivity index (χ1) is 13.9. The van der Waals surface area contributed by atoms with E-state index < -0.39 is 21.7 Å². The summed E-state index contributed by atoms with van der Waals surface area (Å²) in [6.45, 7) is 0.257. The van der Waals surface area contributed by atoms with Crippen LogP contribution in [0.5, 0.6) is 5.75 Å². The number of aromatic nitrogens is 2. The molecule has 2 heterocycles. The van der Waals surface area contributed by atoms with Crippen LogP contribution in [0.4, 0.5) is 8.78 Å². The van der Waals surface area contributed by atoms with E-state index in [1.807, 2.05) is 24.3 Å². The molecule has 150 valence electrons. The Hall–Kier alpha value is -2.91. The van der Waals surface area contributed by atoms with Gasteiger partial charge in [-0.2, -0.15) is 4.31 Å². The van der Waals surface area contributed by atoms with Crippen LogP contribution in [-0.4, -0.2) is 36.3 Å². The van der Waals surface area contributed by atoms with E-state index in [0.29, 0.717) is 23.9 Å². The summed E-state index contributed by atoms with van der Waals surface area (Å²) in [7, 11) is -2.37. The van der Waals surface area contributed by atoms with Crippen LogP contribution in [0.2, 0.25) is 0 Å². The molecule has 0 radical (unpaired) electrons. The number of ether oxygens (including phenoxy) is 1. The van der Waals surface area contributed by atoms with Crippen LogP contribution in [0.3, 0.4) is 0 Å². The molecule has 0 saturated heterocycles. The largest absolute Gasteiger partial charge is 0.497 e. The van der Waals surface area contributed by atoms with E-state index >= 15 is 0 Å². The molecule has 2 aromatic carbocycles. The van der Waals surface area contributed by atoms with Gasteiger partial charge < -0.3 is 4.74 Å². The normalized spacial score (nSPS) is 14.4. The van der Waals surface area contributed by atoms with Crippen molar-refractivity contribution in [2.45, 2.75) is 17.9 Å². The number of hydrogen-bond acceptors (Lipinski definition) is 5. The fourth-order valence-electron chi connectivity index (χ4n) is 3.16. The zero-order chi connectivity index (χ0) is 20.6. The van der Waals surface area contributed by atoms with Crippen molar-refractivity contribution in [3.05, 3.63) is 71.6 Å². The summed E-state index contributed by atoms with van der Waals surface area (Å²) < 4.78 is 58.6. The Bertz CT molecular complexity index is 1170. The van der Waals surface area contributed by atoms with Crippen LogP contribution < -0.4 is 4.74 Å². The third-order valence-electron chi connectivity index (χ3n) is 4.78. The summed E-state index contributed by atoms with van der Waals surface area (Å²) in [5.41, 5.74) is 2.27. The molecular weight excluding hydrogens is 400 g/mol. The summed E-state index contributed by atoms with van der Waals surface area (Å²) in [6.07, 6.45) is 2.00. The van der Waals surface area contributed by atoms with Crippen LogP contribution in [0.25, 0.3) is 11.4 Å². The Balaban J connectivity index is 1.59. The van der Waals surface area contributed by atoms with E-state index in [1.165, 1.54) is 4.31 Å². The fraction of sp³-hybridized carbons (Fsp3) is 0.200. The molecule has 3 aromatic rings. The number of halogens is 2. The number of sulfonamides is 1. The Morgan fingerprint density at radius 1 is 1.07 bits per heavy atom. The molecule has 6 nitrogen and oxygen atoms in total. The van der Waals surface area contributed by atoms with Crippen molar-refractivity contribution in [3.63, 3.8) is 0 Å². The molecular formula is C20H17F2N3O3S. The van der Waals surface area contributed by atoms with E-state index in [-0.39, 0.29) is 18.0 Å². The van der Waals surface area contributed by atoms with Crippen molar-refractivity contribution in [2.24, 2.45) is 0 Å². The third-order valence-corrected chi connectivity index (χ3v) is 6.62. The number of nitrogens with zero attached hydrogens (tertiary/aromatic N) is 3. The molecule has 0 fully saturated rings. The maximum absolute atomic E-state index is 13.5. The topological polar surface area (TPSA) is 72.4 Å². The molecule has 29 heavy (non-hydrogen) atoms. The number of rotatable bonds is 4. The summed E-state index contributed by atoms with van der Waals surface area (Å²) in [5, 5.41) is 0. The van der Waals surface area contributed by atoms with Crippen LogP contribution in [-0.2, 0) is 23.0 Å². The highest BCUT2D eigenvalue weighted by atomic mass is 32.2. The zero-order valence-electron chi connectivity index (χ0n) is 15.5. The number of benzene rings is 2. The van der Waals surface area contributed by atoms with Crippen molar-refractivity contribution in [1.29, 1.82) is 0 Å². The lowest BCUT2D eigenvalue weighted by Gasteiger charge is -2.27. The predicted octanol–water partition coefficient (Wildman–Crippen LogP) is 3.18. The molecule has 9 heteroatoms. The Kier molecular flexibility index (Phi) is 5.01. The Labute approximate surface area is 166 Å². The molecule has 0 bridgehead atoms. The van der Waals surface area contributed by atoms with E-state index in [2.05, 4.69) is 9.97 Å². The maximum atomic E-state index is 13.5. The molecule has 0 saturated carbocycles. The minimum absolute atomic E-state index is 0.0690. The SMILES string of the molecule is COc1ccc(-c2ncc3c(n2)CCN(S(=O)(=O)c2ccc(F)c(F)c2)C3)cc1. The van der Waals surface area contributed by atoms with E-state index in [9.17, 15) is 17.2 Å². The van der Waals surface area contributed by atoms with Crippen LogP contribution in [0, 0.1) is 11.6 Å². The average molecular weight is 417 g/mol.